The monoisotopic (exact) mass is 97.0 g/mol. The second-order valence-electron chi connectivity index (χ2n) is 1.42. The summed E-state index contributed by atoms with van der Waals surface area (Å²) in [6.45, 7) is 0.972. The first-order valence-electron chi connectivity index (χ1n) is 1.82. The Morgan fingerprint density at radius 3 is 1.71 bits per heavy atom. The van der Waals surface area contributed by atoms with Crippen molar-refractivity contribution in [1.29, 1.82) is 10.5 Å². The van der Waals surface area contributed by atoms with Gasteiger partial charge in [0.05, 0.1) is 0 Å². The van der Waals surface area contributed by atoms with Crippen LogP contribution in [0.4, 0.5) is 4.32 Å². The third-order valence-electron chi connectivity index (χ3n) is 0.485. The van der Waals surface area contributed by atoms with E-state index in [0.717, 1.165) is 6.82 Å². The van der Waals surface area contributed by atoms with Crippen molar-refractivity contribution >= 4 is 6.42 Å². The van der Waals surface area contributed by atoms with Crippen LogP contribution in [0.3, 0.4) is 0 Å². The first-order chi connectivity index (χ1) is 3.12. The Hall–Kier alpha value is -1.03. The Balaban J connectivity index is 4.00. The molecule has 0 heterocycles. The van der Waals surface area contributed by atoms with E-state index >= 15 is 0 Å². The lowest BCUT2D eigenvalue weighted by molar-refractivity contribution is 0.834. The Bertz CT molecular complexity index is 124. The van der Waals surface area contributed by atoms with Crippen molar-refractivity contribution in [1.82, 2.24) is 0 Å². The van der Waals surface area contributed by atoms with E-state index in [1.807, 2.05) is 0 Å². The molecule has 0 aliphatic carbocycles. The van der Waals surface area contributed by atoms with Gasteiger partial charge in [0.1, 0.15) is 0 Å². The fraction of sp³-hybridized carbons (Fsp3) is 0.333. The van der Waals surface area contributed by atoms with Crippen molar-refractivity contribution < 1.29 is 4.32 Å². The first-order valence-corrected chi connectivity index (χ1v) is 1.82. The van der Waals surface area contributed by atoms with Crippen LogP contribution in [0.25, 0.3) is 0 Å². The van der Waals surface area contributed by atoms with Crippen molar-refractivity contribution in [3.63, 3.8) is 0 Å². The van der Waals surface area contributed by atoms with E-state index in [1.165, 1.54) is 11.9 Å². The van der Waals surface area contributed by atoms with E-state index in [-0.39, 0.29) is 0 Å². The fourth-order valence-corrected chi connectivity index (χ4v) is 0.0289. The SMILES string of the molecule is C[B-](F)(C#N)C#N. The minimum atomic E-state index is -2.86. The molecular formula is C3H3BFN2-. The van der Waals surface area contributed by atoms with Gasteiger partial charge in [0, 0.05) is 0 Å². The number of hydrogen-bond donors (Lipinski definition) is 0. The highest BCUT2D eigenvalue weighted by Gasteiger charge is 2.13. The maximum absolute atomic E-state index is 11.9. The van der Waals surface area contributed by atoms with Crippen molar-refractivity contribution in [3.8, 4) is 11.9 Å². The number of halogens is 1. The largest absolute Gasteiger partial charge is 0.480 e. The van der Waals surface area contributed by atoms with Crippen LogP contribution in [0.1, 0.15) is 0 Å². The minimum absolute atomic E-state index is 0.972. The molecule has 0 aliphatic rings. The van der Waals surface area contributed by atoms with Gasteiger partial charge in [0.2, 0.25) is 0 Å². The summed E-state index contributed by atoms with van der Waals surface area (Å²) < 4.78 is 11.9. The molecule has 0 amide bonds. The summed E-state index contributed by atoms with van der Waals surface area (Å²) in [4.78, 5) is 0. The lowest BCUT2D eigenvalue weighted by Crippen LogP contribution is -2.17. The Morgan fingerprint density at radius 2 is 1.71 bits per heavy atom. The van der Waals surface area contributed by atoms with Crippen LogP contribution in [-0.2, 0) is 0 Å². The van der Waals surface area contributed by atoms with Gasteiger partial charge in [-0.15, -0.1) is 6.82 Å². The van der Waals surface area contributed by atoms with Gasteiger partial charge in [0.25, 0.3) is 0 Å². The molecule has 0 N–H and O–H groups in total. The van der Waals surface area contributed by atoms with Crippen LogP contribution in [-0.4, -0.2) is 6.42 Å². The maximum atomic E-state index is 11.9. The molecule has 0 saturated carbocycles. The van der Waals surface area contributed by atoms with Crippen molar-refractivity contribution in [2.45, 2.75) is 6.82 Å². The summed E-state index contributed by atoms with van der Waals surface area (Å²) in [5.74, 6) is 2.45. The number of rotatable bonds is 0. The number of nitrogens with zero attached hydrogens (tertiary/aromatic N) is 2. The van der Waals surface area contributed by atoms with Gasteiger partial charge in [-0.25, -0.2) is 10.5 Å². The van der Waals surface area contributed by atoms with Crippen LogP contribution >= 0.6 is 0 Å². The Kier molecular flexibility index (Phi) is 1.38. The highest BCUT2D eigenvalue weighted by molar-refractivity contribution is 6.86. The van der Waals surface area contributed by atoms with Crippen molar-refractivity contribution in [2.24, 2.45) is 0 Å². The molecule has 0 radical (unpaired) electrons. The normalized spacial score (nSPS) is 9.14. The van der Waals surface area contributed by atoms with Crippen LogP contribution in [0.2, 0.25) is 6.82 Å². The molecule has 0 atom stereocenters. The molecule has 36 valence electrons. The Morgan fingerprint density at radius 1 is 1.43 bits per heavy atom. The standard InChI is InChI=1S/C3H3BFN2/c1-4(5,2-6)3-7/h1H3/q-1. The molecule has 0 rings (SSSR count). The zero-order valence-corrected chi connectivity index (χ0v) is 3.85. The summed E-state index contributed by atoms with van der Waals surface area (Å²) in [7, 11) is 0. The molecular weight excluding hydrogens is 93.9 g/mol. The van der Waals surface area contributed by atoms with Gasteiger partial charge in [-0.1, -0.05) is 11.9 Å². The molecule has 0 aromatic rings. The second-order valence-corrected chi connectivity index (χ2v) is 1.42. The lowest BCUT2D eigenvalue weighted by Gasteiger charge is -2.01. The first kappa shape index (κ1) is 5.97. The average Bonchev–Trinajstić information content (AvgIpc) is 1.68. The second kappa shape index (κ2) is 1.62. The smallest absolute Gasteiger partial charge is 0.341 e. The Labute approximate surface area is 41.1 Å². The van der Waals surface area contributed by atoms with Crippen LogP contribution in [0.5, 0.6) is 0 Å². The predicted octanol–water partition coefficient (Wildman–Crippen LogP) is 0.657. The summed E-state index contributed by atoms with van der Waals surface area (Å²) in [5, 5.41) is 15.5. The zero-order chi connectivity index (χ0) is 5.91. The lowest BCUT2D eigenvalue weighted by atomic mass is 9.49. The van der Waals surface area contributed by atoms with Gasteiger partial charge in [-0.2, -0.15) is 0 Å². The van der Waals surface area contributed by atoms with E-state index in [0.29, 0.717) is 0 Å². The molecule has 0 spiro atoms. The molecule has 7 heavy (non-hydrogen) atoms. The molecule has 4 heteroatoms. The van der Waals surface area contributed by atoms with Gasteiger partial charge < -0.3 is 4.32 Å². The highest BCUT2D eigenvalue weighted by atomic mass is 19.1. The van der Waals surface area contributed by atoms with E-state index in [2.05, 4.69) is 0 Å². The highest BCUT2D eigenvalue weighted by Crippen LogP contribution is 1.96. The third kappa shape index (κ3) is 1.78. The predicted molar refractivity (Wildman–Crippen MR) is 24.0 cm³/mol. The molecule has 0 fully saturated rings. The summed E-state index contributed by atoms with van der Waals surface area (Å²) in [6.07, 6.45) is -2.86. The number of hydrogen-bond acceptors (Lipinski definition) is 2. The van der Waals surface area contributed by atoms with Crippen molar-refractivity contribution in [2.75, 3.05) is 0 Å². The van der Waals surface area contributed by atoms with Crippen LogP contribution < -0.4 is 0 Å². The van der Waals surface area contributed by atoms with Crippen molar-refractivity contribution in [3.05, 3.63) is 0 Å². The fourth-order valence-electron chi connectivity index (χ4n) is 0.0289. The van der Waals surface area contributed by atoms with E-state index < -0.39 is 6.42 Å². The maximum Gasteiger partial charge on any atom is 0.341 e. The van der Waals surface area contributed by atoms with Crippen LogP contribution in [0, 0.1) is 22.5 Å². The van der Waals surface area contributed by atoms with E-state index in [9.17, 15) is 4.32 Å². The van der Waals surface area contributed by atoms with Gasteiger partial charge >= 0.3 is 6.42 Å². The van der Waals surface area contributed by atoms with Gasteiger partial charge in [-0.05, 0) is 0 Å². The van der Waals surface area contributed by atoms with Gasteiger partial charge in [0.15, 0.2) is 0 Å². The zero-order valence-electron chi connectivity index (χ0n) is 3.85. The topological polar surface area (TPSA) is 47.6 Å². The molecule has 0 unspecified atom stereocenters. The van der Waals surface area contributed by atoms with E-state index in [4.69, 9.17) is 10.5 Å². The molecule has 0 aromatic carbocycles. The average molecular weight is 96.9 g/mol. The minimum Gasteiger partial charge on any atom is -0.480 e. The summed E-state index contributed by atoms with van der Waals surface area (Å²) >= 11 is 0. The third-order valence-corrected chi connectivity index (χ3v) is 0.485. The number of nitriles is 2. The summed E-state index contributed by atoms with van der Waals surface area (Å²) in [5.41, 5.74) is 0. The molecule has 2 nitrogen and oxygen atoms in total. The van der Waals surface area contributed by atoms with Gasteiger partial charge in [-0.3, -0.25) is 0 Å². The molecule has 0 aliphatic heterocycles. The van der Waals surface area contributed by atoms with Crippen LogP contribution in [0.15, 0.2) is 0 Å². The quantitative estimate of drug-likeness (QED) is 0.416. The molecule has 0 bridgehead atoms. The molecule has 0 aromatic heterocycles. The molecule has 0 saturated heterocycles. The summed E-state index contributed by atoms with van der Waals surface area (Å²) in [6, 6.07) is 0. The van der Waals surface area contributed by atoms with E-state index in [1.54, 1.807) is 0 Å².